The largest absolute Gasteiger partial charge is 0.350 e. The van der Waals surface area contributed by atoms with Crippen LogP contribution in [0.4, 0.5) is 8.78 Å². The molecule has 0 saturated carbocycles. The lowest BCUT2D eigenvalue weighted by molar-refractivity contribution is 0.0944. The lowest BCUT2D eigenvalue weighted by Gasteiger charge is -2.09. The summed E-state index contributed by atoms with van der Waals surface area (Å²) in [4.78, 5) is 13.3. The van der Waals surface area contributed by atoms with E-state index < -0.39 is 23.1 Å². The highest BCUT2D eigenvalue weighted by Gasteiger charge is 2.16. The number of hydrogen-bond donors (Lipinski definition) is 1. The minimum Gasteiger partial charge on any atom is -0.350 e. The lowest BCUT2D eigenvalue weighted by Crippen LogP contribution is -2.28. The summed E-state index contributed by atoms with van der Waals surface area (Å²) >= 11 is 13.8. The van der Waals surface area contributed by atoms with Gasteiger partial charge in [-0.05, 0) is 35.9 Å². The number of aromatic nitrogens is 1. The normalized spacial score (nSPS) is 11.1. The molecule has 32 heavy (non-hydrogen) atoms. The number of para-hydroxylation sites is 1. The van der Waals surface area contributed by atoms with Crippen molar-refractivity contribution in [2.75, 3.05) is 6.54 Å². The average Bonchev–Trinajstić information content (AvgIpc) is 3.12. The molecule has 0 radical (unpaired) electrons. The molecule has 0 bridgehead atoms. The van der Waals surface area contributed by atoms with Gasteiger partial charge in [-0.25, -0.2) is 8.78 Å². The fourth-order valence-electron chi connectivity index (χ4n) is 3.40. The number of carbonyl (C=O) groups excluding carboxylic acids is 1. The van der Waals surface area contributed by atoms with Crippen LogP contribution in [0, 0.1) is 11.6 Å². The van der Waals surface area contributed by atoms with Crippen LogP contribution in [0.1, 0.15) is 15.9 Å². The van der Waals surface area contributed by atoms with E-state index in [0.29, 0.717) is 22.3 Å². The number of fused-ring (bicyclic) bond motifs is 1. The van der Waals surface area contributed by atoms with Crippen LogP contribution in [0.15, 0.2) is 71.8 Å². The average molecular weight is 491 g/mol. The molecule has 1 amide bonds. The molecule has 1 heterocycles. The fourth-order valence-corrected chi connectivity index (χ4v) is 4.75. The van der Waals surface area contributed by atoms with Gasteiger partial charge in [0.15, 0.2) is 0 Å². The molecule has 1 aromatic heterocycles. The molecular formula is C24H18Cl2F2N2OS. The van der Waals surface area contributed by atoms with Crippen LogP contribution < -0.4 is 5.32 Å². The highest BCUT2D eigenvalue weighted by Crippen LogP contribution is 2.33. The third-order valence-electron chi connectivity index (χ3n) is 4.96. The molecule has 1 N–H and O–H groups in total. The molecule has 8 heteroatoms. The highest BCUT2D eigenvalue weighted by molar-refractivity contribution is 7.98. The van der Waals surface area contributed by atoms with Crippen molar-refractivity contribution in [3.63, 3.8) is 0 Å². The van der Waals surface area contributed by atoms with Crippen molar-refractivity contribution >= 4 is 51.8 Å². The first-order valence-electron chi connectivity index (χ1n) is 9.81. The zero-order chi connectivity index (χ0) is 22.7. The third-order valence-corrected chi connectivity index (χ3v) is 6.81. The molecule has 0 unspecified atom stereocenters. The number of benzene rings is 3. The standard InChI is InChI=1S/C24H18Cl2F2N2OS/c25-17-9-8-15(12-18(17)26)14-32-22-13-30(21-7-2-1-4-16(21)22)11-10-29-24(31)23-19(27)5-3-6-20(23)28/h1-9,12-13H,10-11,14H2,(H,29,31). The molecule has 4 aromatic rings. The quantitative estimate of drug-likeness (QED) is 0.284. The molecule has 0 aliphatic carbocycles. The van der Waals surface area contributed by atoms with Gasteiger partial charge in [0, 0.05) is 40.8 Å². The number of halogens is 4. The first-order chi connectivity index (χ1) is 15.4. The Morgan fingerprint density at radius 2 is 1.72 bits per heavy atom. The van der Waals surface area contributed by atoms with Crippen LogP contribution in [-0.2, 0) is 12.3 Å². The van der Waals surface area contributed by atoms with E-state index in [1.54, 1.807) is 17.8 Å². The second-order valence-corrected chi connectivity index (χ2v) is 8.93. The van der Waals surface area contributed by atoms with Crippen molar-refractivity contribution in [1.82, 2.24) is 9.88 Å². The molecule has 3 aromatic carbocycles. The Kier molecular flexibility index (Phi) is 7.04. The first-order valence-corrected chi connectivity index (χ1v) is 11.5. The van der Waals surface area contributed by atoms with Crippen LogP contribution in [0.25, 0.3) is 10.9 Å². The molecule has 164 valence electrons. The minimum atomic E-state index is -0.880. The molecule has 0 fully saturated rings. The number of carbonyl (C=O) groups is 1. The summed E-state index contributed by atoms with van der Waals surface area (Å²) in [5.41, 5.74) is 1.50. The number of nitrogens with zero attached hydrogens (tertiary/aromatic N) is 1. The molecule has 0 aliphatic rings. The Hall–Kier alpha value is -2.54. The molecule has 0 atom stereocenters. The van der Waals surface area contributed by atoms with E-state index in [0.717, 1.165) is 33.5 Å². The summed E-state index contributed by atoms with van der Waals surface area (Å²) in [5, 5.41) is 4.73. The van der Waals surface area contributed by atoms with Gasteiger partial charge in [0.2, 0.25) is 0 Å². The second-order valence-electron chi connectivity index (χ2n) is 7.09. The topological polar surface area (TPSA) is 34.0 Å². The zero-order valence-electron chi connectivity index (χ0n) is 16.7. The second kappa shape index (κ2) is 9.94. The van der Waals surface area contributed by atoms with Gasteiger partial charge >= 0.3 is 0 Å². The van der Waals surface area contributed by atoms with Crippen molar-refractivity contribution < 1.29 is 13.6 Å². The maximum absolute atomic E-state index is 13.8. The van der Waals surface area contributed by atoms with Crippen molar-refractivity contribution in [3.05, 3.63) is 99.7 Å². The number of amides is 1. The highest BCUT2D eigenvalue weighted by atomic mass is 35.5. The third kappa shape index (κ3) is 4.93. The van der Waals surface area contributed by atoms with Gasteiger partial charge in [-0.3, -0.25) is 4.79 Å². The summed E-state index contributed by atoms with van der Waals surface area (Å²) in [6.07, 6.45) is 2.02. The number of thioether (sulfide) groups is 1. The molecule has 0 aliphatic heterocycles. The first kappa shape index (κ1) is 22.6. The lowest BCUT2D eigenvalue weighted by atomic mass is 10.2. The maximum Gasteiger partial charge on any atom is 0.257 e. The molecule has 3 nitrogen and oxygen atoms in total. The SMILES string of the molecule is O=C(NCCn1cc(SCc2ccc(Cl)c(Cl)c2)c2ccccc21)c1c(F)cccc1F. The molecule has 0 saturated heterocycles. The van der Waals surface area contributed by atoms with Gasteiger partial charge in [0.05, 0.1) is 10.0 Å². The monoisotopic (exact) mass is 490 g/mol. The smallest absolute Gasteiger partial charge is 0.257 e. The van der Waals surface area contributed by atoms with Crippen LogP contribution in [0.5, 0.6) is 0 Å². The van der Waals surface area contributed by atoms with E-state index in [1.165, 1.54) is 6.07 Å². The van der Waals surface area contributed by atoms with E-state index in [-0.39, 0.29) is 6.54 Å². The summed E-state index contributed by atoms with van der Waals surface area (Å²) in [5.74, 6) is -1.81. The Bertz CT molecular complexity index is 1270. The fraction of sp³-hybridized carbons (Fsp3) is 0.125. The summed E-state index contributed by atoms with van der Waals surface area (Å²) in [7, 11) is 0. The van der Waals surface area contributed by atoms with Crippen LogP contribution >= 0.6 is 35.0 Å². The van der Waals surface area contributed by atoms with E-state index in [2.05, 4.69) is 5.32 Å². The Balaban J connectivity index is 1.46. The van der Waals surface area contributed by atoms with Gasteiger partial charge in [0.1, 0.15) is 17.2 Å². The summed E-state index contributed by atoms with van der Waals surface area (Å²) < 4.78 is 29.6. The van der Waals surface area contributed by atoms with Gasteiger partial charge in [-0.1, -0.05) is 53.5 Å². The Labute approximate surface area is 198 Å². The summed E-state index contributed by atoms with van der Waals surface area (Å²) in [6.45, 7) is 0.678. The Morgan fingerprint density at radius 3 is 2.47 bits per heavy atom. The predicted molar refractivity (Wildman–Crippen MR) is 127 cm³/mol. The van der Waals surface area contributed by atoms with E-state index >= 15 is 0 Å². The predicted octanol–water partition coefficient (Wildman–Crippen LogP) is 6.95. The van der Waals surface area contributed by atoms with Crippen molar-refractivity contribution in [2.45, 2.75) is 17.2 Å². The van der Waals surface area contributed by atoms with Crippen molar-refractivity contribution in [3.8, 4) is 0 Å². The molecule has 0 spiro atoms. The van der Waals surface area contributed by atoms with E-state index in [9.17, 15) is 13.6 Å². The van der Waals surface area contributed by atoms with Gasteiger partial charge < -0.3 is 9.88 Å². The van der Waals surface area contributed by atoms with Crippen molar-refractivity contribution in [1.29, 1.82) is 0 Å². The summed E-state index contributed by atoms with van der Waals surface area (Å²) in [6, 6.07) is 16.9. The van der Waals surface area contributed by atoms with Crippen LogP contribution in [0.3, 0.4) is 0 Å². The Morgan fingerprint density at radius 1 is 0.969 bits per heavy atom. The number of nitrogens with one attached hydrogen (secondary N) is 1. The van der Waals surface area contributed by atoms with Gasteiger partial charge in [0.25, 0.3) is 5.91 Å². The zero-order valence-corrected chi connectivity index (χ0v) is 19.1. The van der Waals surface area contributed by atoms with E-state index in [1.807, 2.05) is 47.2 Å². The van der Waals surface area contributed by atoms with Crippen molar-refractivity contribution in [2.24, 2.45) is 0 Å². The van der Waals surface area contributed by atoms with Crippen LogP contribution in [-0.4, -0.2) is 17.0 Å². The molecular weight excluding hydrogens is 473 g/mol. The molecule has 4 rings (SSSR count). The van der Waals surface area contributed by atoms with Gasteiger partial charge in [-0.2, -0.15) is 0 Å². The number of hydrogen-bond acceptors (Lipinski definition) is 2. The number of rotatable bonds is 7. The minimum absolute atomic E-state index is 0.224. The van der Waals surface area contributed by atoms with E-state index in [4.69, 9.17) is 23.2 Å². The van der Waals surface area contributed by atoms with Crippen LogP contribution in [0.2, 0.25) is 10.0 Å². The maximum atomic E-state index is 13.8. The van der Waals surface area contributed by atoms with Gasteiger partial charge in [-0.15, -0.1) is 11.8 Å².